The molecular weight excluding hydrogens is 244 g/mol. The number of amides is 2. The van der Waals surface area contributed by atoms with E-state index in [2.05, 4.69) is 5.32 Å². The summed E-state index contributed by atoms with van der Waals surface area (Å²) < 4.78 is 0. The number of carbonyl (C=O) groups is 2. The third-order valence-corrected chi connectivity index (χ3v) is 4.34. The van der Waals surface area contributed by atoms with Crippen LogP contribution in [0.15, 0.2) is 0 Å². The third-order valence-electron chi connectivity index (χ3n) is 4.34. The predicted molar refractivity (Wildman–Crippen MR) is 71.9 cm³/mol. The molecule has 2 amide bonds. The van der Waals surface area contributed by atoms with Gasteiger partial charge in [0, 0.05) is 12.6 Å². The van der Waals surface area contributed by atoms with Crippen LogP contribution in [0.2, 0.25) is 0 Å². The Labute approximate surface area is 114 Å². The quantitative estimate of drug-likeness (QED) is 0.806. The highest BCUT2D eigenvalue weighted by Gasteiger charge is 2.35. The number of likely N-dealkylation sites (tertiary alicyclic amines) is 1. The molecule has 1 aliphatic carbocycles. The molecule has 0 aromatic heterocycles. The third kappa shape index (κ3) is 3.61. The van der Waals surface area contributed by atoms with Gasteiger partial charge in [-0.2, -0.15) is 0 Å². The van der Waals surface area contributed by atoms with E-state index < -0.39 is 12.0 Å². The molecule has 2 rings (SSSR count). The van der Waals surface area contributed by atoms with Gasteiger partial charge in [0.2, 0.25) is 0 Å². The molecule has 0 aromatic rings. The van der Waals surface area contributed by atoms with Crippen LogP contribution < -0.4 is 5.32 Å². The number of carbonyl (C=O) groups excluding carboxylic acids is 1. The van der Waals surface area contributed by atoms with Crippen LogP contribution in [0.25, 0.3) is 0 Å². The highest BCUT2D eigenvalue weighted by Crippen LogP contribution is 2.24. The maximum absolute atomic E-state index is 12.2. The van der Waals surface area contributed by atoms with Gasteiger partial charge in [0.15, 0.2) is 0 Å². The van der Waals surface area contributed by atoms with Crippen molar-refractivity contribution in [3.05, 3.63) is 0 Å². The molecular formula is C14H24N2O3. The number of urea groups is 1. The van der Waals surface area contributed by atoms with Crippen molar-refractivity contribution in [3.63, 3.8) is 0 Å². The van der Waals surface area contributed by atoms with Crippen molar-refractivity contribution in [2.45, 2.75) is 64.0 Å². The van der Waals surface area contributed by atoms with Crippen LogP contribution in [0.1, 0.15) is 51.9 Å². The lowest BCUT2D eigenvalue weighted by Gasteiger charge is -2.37. The number of rotatable bonds is 2. The summed E-state index contributed by atoms with van der Waals surface area (Å²) in [5, 5.41) is 12.3. The summed E-state index contributed by atoms with van der Waals surface area (Å²) in [6.45, 7) is 2.60. The predicted octanol–water partition coefficient (Wildman–Crippen LogP) is 2.21. The summed E-state index contributed by atoms with van der Waals surface area (Å²) >= 11 is 0. The van der Waals surface area contributed by atoms with Crippen LogP contribution in [-0.2, 0) is 4.79 Å². The average Bonchev–Trinajstić information content (AvgIpc) is 2.39. The van der Waals surface area contributed by atoms with Gasteiger partial charge in [0.25, 0.3) is 0 Å². The molecule has 1 heterocycles. The number of carboxylic acids is 1. The first-order valence-electron chi connectivity index (χ1n) is 7.38. The zero-order chi connectivity index (χ0) is 13.8. The van der Waals surface area contributed by atoms with Crippen LogP contribution >= 0.6 is 0 Å². The van der Waals surface area contributed by atoms with Crippen molar-refractivity contribution < 1.29 is 14.7 Å². The van der Waals surface area contributed by atoms with Gasteiger partial charge >= 0.3 is 12.0 Å². The molecule has 1 saturated heterocycles. The van der Waals surface area contributed by atoms with Crippen molar-refractivity contribution in [2.75, 3.05) is 6.54 Å². The fourth-order valence-corrected chi connectivity index (χ4v) is 3.12. The summed E-state index contributed by atoms with van der Waals surface area (Å²) in [7, 11) is 0. The number of aliphatic carboxylic acids is 1. The Bertz CT molecular complexity index is 340. The van der Waals surface area contributed by atoms with E-state index in [1.54, 1.807) is 0 Å². The number of nitrogens with zero attached hydrogens (tertiary/aromatic N) is 1. The van der Waals surface area contributed by atoms with Gasteiger partial charge in [-0.15, -0.1) is 0 Å². The van der Waals surface area contributed by atoms with E-state index >= 15 is 0 Å². The van der Waals surface area contributed by atoms with E-state index in [-0.39, 0.29) is 12.1 Å². The first kappa shape index (κ1) is 14.2. The normalized spacial score (nSPS) is 29.0. The van der Waals surface area contributed by atoms with Crippen molar-refractivity contribution in [2.24, 2.45) is 5.92 Å². The number of hydrogen-bond donors (Lipinski definition) is 2. The molecule has 0 radical (unpaired) electrons. The molecule has 5 heteroatoms. The standard InChI is InChI=1S/C14H24N2O3/c1-10-7-8-16(12(9-10)13(17)18)14(19)15-11-5-3-2-4-6-11/h10-12H,2-9H2,1H3,(H,15,19)(H,17,18). The minimum absolute atomic E-state index is 0.189. The highest BCUT2D eigenvalue weighted by molar-refractivity contribution is 5.83. The fraction of sp³-hybridized carbons (Fsp3) is 0.857. The zero-order valence-corrected chi connectivity index (χ0v) is 11.6. The molecule has 2 fully saturated rings. The lowest BCUT2D eigenvalue weighted by molar-refractivity contribution is -0.143. The van der Waals surface area contributed by atoms with Gasteiger partial charge in [-0.05, 0) is 31.6 Å². The van der Waals surface area contributed by atoms with E-state index in [1.165, 1.54) is 11.3 Å². The largest absolute Gasteiger partial charge is 0.480 e. The summed E-state index contributed by atoms with van der Waals surface area (Å²) in [6.07, 6.45) is 7.05. The second-order valence-electron chi connectivity index (χ2n) is 5.96. The lowest BCUT2D eigenvalue weighted by atomic mass is 9.92. The Kier molecular flexibility index (Phi) is 4.66. The van der Waals surface area contributed by atoms with Crippen molar-refractivity contribution in [3.8, 4) is 0 Å². The molecule has 0 bridgehead atoms. The Morgan fingerprint density at radius 3 is 2.47 bits per heavy atom. The van der Waals surface area contributed by atoms with Gasteiger partial charge in [0.05, 0.1) is 0 Å². The fourth-order valence-electron chi connectivity index (χ4n) is 3.12. The topological polar surface area (TPSA) is 69.6 Å². The van der Waals surface area contributed by atoms with Crippen LogP contribution in [0.4, 0.5) is 4.79 Å². The number of carboxylic acid groups (broad SMARTS) is 1. The Morgan fingerprint density at radius 2 is 1.84 bits per heavy atom. The summed E-state index contributed by atoms with van der Waals surface area (Å²) in [6, 6.07) is -0.617. The maximum Gasteiger partial charge on any atom is 0.326 e. The van der Waals surface area contributed by atoms with Crippen molar-refractivity contribution in [1.82, 2.24) is 10.2 Å². The Morgan fingerprint density at radius 1 is 1.16 bits per heavy atom. The zero-order valence-electron chi connectivity index (χ0n) is 11.6. The second-order valence-corrected chi connectivity index (χ2v) is 5.96. The summed E-state index contributed by atoms with van der Waals surface area (Å²) in [4.78, 5) is 25.0. The molecule has 0 aromatic carbocycles. The highest BCUT2D eigenvalue weighted by atomic mass is 16.4. The monoisotopic (exact) mass is 268 g/mol. The Balaban J connectivity index is 1.93. The molecule has 108 valence electrons. The van der Waals surface area contributed by atoms with Crippen LogP contribution in [0.3, 0.4) is 0 Å². The second kappa shape index (κ2) is 6.26. The number of nitrogens with one attached hydrogen (secondary N) is 1. The molecule has 1 saturated carbocycles. The smallest absolute Gasteiger partial charge is 0.326 e. The van der Waals surface area contributed by atoms with E-state index in [1.807, 2.05) is 6.92 Å². The first-order chi connectivity index (χ1) is 9.08. The minimum atomic E-state index is -0.884. The van der Waals surface area contributed by atoms with Crippen molar-refractivity contribution in [1.29, 1.82) is 0 Å². The SMILES string of the molecule is CC1CCN(C(=O)NC2CCCCC2)C(C(=O)O)C1. The van der Waals surface area contributed by atoms with Gasteiger partial charge < -0.3 is 15.3 Å². The van der Waals surface area contributed by atoms with Crippen LogP contribution in [0, 0.1) is 5.92 Å². The molecule has 19 heavy (non-hydrogen) atoms. The lowest BCUT2D eigenvalue weighted by Crippen LogP contribution is -2.55. The van der Waals surface area contributed by atoms with Crippen LogP contribution in [-0.4, -0.2) is 40.6 Å². The number of hydrogen-bond acceptors (Lipinski definition) is 2. The van der Waals surface area contributed by atoms with Gasteiger partial charge in [-0.3, -0.25) is 0 Å². The number of piperidine rings is 1. The molecule has 0 spiro atoms. The summed E-state index contributed by atoms with van der Waals surface area (Å²) in [5.41, 5.74) is 0. The molecule has 1 aliphatic heterocycles. The van der Waals surface area contributed by atoms with E-state index in [9.17, 15) is 14.7 Å². The van der Waals surface area contributed by atoms with Crippen LogP contribution in [0.5, 0.6) is 0 Å². The van der Waals surface area contributed by atoms with Gasteiger partial charge in [0.1, 0.15) is 6.04 Å². The van der Waals surface area contributed by atoms with E-state index in [0.717, 1.165) is 32.1 Å². The molecule has 2 atom stereocenters. The van der Waals surface area contributed by atoms with Crippen molar-refractivity contribution >= 4 is 12.0 Å². The maximum atomic E-state index is 12.2. The molecule has 2 unspecified atom stereocenters. The van der Waals surface area contributed by atoms with Gasteiger partial charge in [-0.25, -0.2) is 9.59 Å². The molecule has 2 N–H and O–H groups in total. The summed E-state index contributed by atoms with van der Waals surface area (Å²) in [5.74, 6) is -0.509. The van der Waals surface area contributed by atoms with E-state index in [4.69, 9.17) is 0 Å². The average molecular weight is 268 g/mol. The first-order valence-corrected chi connectivity index (χ1v) is 7.38. The minimum Gasteiger partial charge on any atom is -0.480 e. The molecule has 5 nitrogen and oxygen atoms in total. The Hall–Kier alpha value is -1.26. The van der Waals surface area contributed by atoms with E-state index in [0.29, 0.717) is 18.9 Å². The molecule has 2 aliphatic rings. The van der Waals surface area contributed by atoms with Gasteiger partial charge in [-0.1, -0.05) is 26.2 Å².